The topological polar surface area (TPSA) is 40.5 Å². The first-order chi connectivity index (χ1) is 9.36. The van der Waals surface area contributed by atoms with Gasteiger partial charge in [-0.3, -0.25) is 0 Å². The van der Waals surface area contributed by atoms with Crippen LogP contribution in [0, 0.1) is 0 Å². The average molecular weight is 276 g/mol. The standard InChI is InChI=1S/C16H21O2P/c17-10-4-12-19(13-5-11-18)16-9-3-7-14-6-1-2-8-15(14)16/h1-3,6-9,17-18H,4-5,10-13H2. The van der Waals surface area contributed by atoms with E-state index < -0.39 is 0 Å². The van der Waals surface area contributed by atoms with Crippen molar-refractivity contribution in [2.24, 2.45) is 0 Å². The van der Waals surface area contributed by atoms with Crippen molar-refractivity contribution < 1.29 is 10.2 Å². The third-order valence-electron chi connectivity index (χ3n) is 3.28. The van der Waals surface area contributed by atoms with E-state index in [4.69, 9.17) is 10.2 Å². The summed E-state index contributed by atoms with van der Waals surface area (Å²) in [7, 11) is -0.287. The molecule has 0 atom stereocenters. The Morgan fingerprint density at radius 3 is 2.11 bits per heavy atom. The third-order valence-corrected chi connectivity index (χ3v) is 6.06. The molecular weight excluding hydrogens is 255 g/mol. The Labute approximate surface area is 115 Å². The van der Waals surface area contributed by atoms with Crippen molar-refractivity contribution in [3.05, 3.63) is 42.5 Å². The fraction of sp³-hybridized carbons (Fsp3) is 0.375. The summed E-state index contributed by atoms with van der Waals surface area (Å²) in [4.78, 5) is 0. The molecule has 0 amide bonds. The SMILES string of the molecule is OCCCP(CCCO)c1cccc2ccccc12. The molecule has 0 aliphatic carbocycles. The number of fused-ring (bicyclic) bond motifs is 1. The molecule has 0 unspecified atom stereocenters. The summed E-state index contributed by atoms with van der Waals surface area (Å²) >= 11 is 0. The molecule has 0 saturated heterocycles. The number of rotatable bonds is 7. The highest BCUT2D eigenvalue weighted by Crippen LogP contribution is 2.38. The summed E-state index contributed by atoms with van der Waals surface area (Å²) in [6, 6.07) is 14.9. The van der Waals surface area contributed by atoms with Crippen LogP contribution in [0.2, 0.25) is 0 Å². The summed E-state index contributed by atoms with van der Waals surface area (Å²) in [6.07, 6.45) is 3.78. The van der Waals surface area contributed by atoms with Gasteiger partial charge in [0.15, 0.2) is 0 Å². The van der Waals surface area contributed by atoms with Crippen molar-refractivity contribution in [1.29, 1.82) is 0 Å². The minimum atomic E-state index is -0.287. The molecule has 19 heavy (non-hydrogen) atoms. The first-order valence-corrected chi connectivity index (χ1v) is 8.52. The molecule has 2 N–H and O–H groups in total. The highest BCUT2D eigenvalue weighted by Gasteiger charge is 2.13. The first-order valence-electron chi connectivity index (χ1n) is 6.81. The molecule has 0 heterocycles. The predicted molar refractivity (Wildman–Crippen MR) is 83.6 cm³/mol. The summed E-state index contributed by atoms with van der Waals surface area (Å²) in [6.45, 7) is 0.505. The number of hydrogen-bond donors (Lipinski definition) is 2. The van der Waals surface area contributed by atoms with Crippen LogP contribution in [0.15, 0.2) is 42.5 Å². The Morgan fingerprint density at radius 2 is 1.42 bits per heavy atom. The van der Waals surface area contributed by atoms with Crippen molar-refractivity contribution in [2.75, 3.05) is 25.5 Å². The van der Waals surface area contributed by atoms with Crippen molar-refractivity contribution in [3.8, 4) is 0 Å². The predicted octanol–water partition coefficient (Wildman–Crippen LogP) is 2.71. The molecule has 0 aliphatic rings. The maximum Gasteiger partial charge on any atom is 0.0434 e. The normalized spacial score (nSPS) is 11.3. The van der Waals surface area contributed by atoms with Gasteiger partial charge in [0.2, 0.25) is 0 Å². The molecule has 0 fully saturated rings. The Hall–Kier alpha value is -0.950. The van der Waals surface area contributed by atoms with E-state index in [0.29, 0.717) is 0 Å². The van der Waals surface area contributed by atoms with E-state index in [0.717, 1.165) is 25.2 Å². The molecule has 0 bridgehead atoms. The molecule has 2 aromatic rings. The van der Waals surface area contributed by atoms with Crippen molar-refractivity contribution in [1.82, 2.24) is 0 Å². The highest BCUT2D eigenvalue weighted by molar-refractivity contribution is 7.66. The molecule has 102 valence electrons. The fourth-order valence-electron chi connectivity index (χ4n) is 2.36. The zero-order chi connectivity index (χ0) is 13.5. The minimum absolute atomic E-state index is 0.253. The zero-order valence-electron chi connectivity index (χ0n) is 11.1. The maximum absolute atomic E-state index is 9.06. The van der Waals surface area contributed by atoms with Gasteiger partial charge in [0, 0.05) is 13.2 Å². The lowest BCUT2D eigenvalue weighted by atomic mass is 10.1. The molecule has 2 aromatic carbocycles. The summed E-state index contributed by atoms with van der Waals surface area (Å²) in [5.41, 5.74) is 0. The molecule has 0 radical (unpaired) electrons. The van der Waals surface area contributed by atoms with Crippen molar-refractivity contribution in [2.45, 2.75) is 12.8 Å². The van der Waals surface area contributed by atoms with E-state index in [2.05, 4.69) is 42.5 Å². The molecule has 3 heteroatoms. The summed E-state index contributed by atoms with van der Waals surface area (Å²) < 4.78 is 0. The summed E-state index contributed by atoms with van der Waals surface area (Å²) in [5.74, 6) is 0. The van der Waals surface area contributed by atoms with Crippen LogP contribution in [-0.4, -0.2) is 35.8 Å². The molecule has 0 aliphatic heterocycles. The number of aliphatic hydroxyl groups is 2. The second-order valence-electron chi connectivity index (χ2n) is 4.64. The van der Waals surface area contributed by atoms with Crippen LogP contribution in [-0.2, 0) is 0 Å². The molecular formula is C16H21O2P. The highest BCUT2D eigenvalue weighted by atomic mass is 31.1. The van der Waals surface area contributed by atoms with Gasteiger partial charge in [-0.15, -0.1) is 0 Å². The number of benzene rings is 2. The van der Waals surface area contributed by atoms with Crippen LogP contribution in [0.1, 0.15) is 12.8 Å². The van der Waals surface area contributed by atoms with Gasteiger partial charge in [0.1, 0.15) is 0 Å². The monoisotopic (exact) mass is 276 g/mol. The first kappa shape index (κ1) is 14.5. The Balaban J connectivity index is 2.31. The lowest BCUT2D eigenvalue weighted by molar-refractivity contribution is 0.294. The van der Waals surface area contributed by atoms with Crippen LogP contribution in [0.5, 0.6) is 0 Å². The van der Waals surface area contributed by atoms with Crippen molar-refractivity contribution in [3.63, 3.8) is 0 Å². The largest absolute Gasteiger partial charge is 0.396 e. The lowest BCUT2D eigenvalue weighted by Crippen LogP contribution is -2.09. The fourth-order valence-corrected chi connectivity index (χ4v) is 4.95. The van der Waals surface area contributed by atoms with Gasteiger partial charge in [-0.2, -0.15) is 0 Å². The van der Waals surface area contributed by atoms with Gasteiger partial charge in [0.25, 0.3) is 0 Å². The number of aliphatic hydroxyl groups excluding tert-OH is 2. The second kappa shape index (κ2) is 7.59. The van der Waals surface area contributed by atoms with E-state index >= 15 is 0 Å². The molecule has 0 aromatic heterocycles. The van der Waals surface area contributed by atoms with E-state index in [1.54, 1.807) is 0 Å². The Kier molecular flexibility index (Phi) is 5.78. The molecule has 0 spiro atoms. The van der Waals surface area contributed by atoms with Crippen LogP contribution >= 0.6 is 7.92 Å². The lowest BCUT2D eigenvalue weighted by Gasteiger charge is -2.19. The van der Waals surface area contributed by atoms with E-state index in [-0.39, 0.29) is 21.1 Å². The summed E-state index contributed by atoms with van der Waals surface area (Å²) in [5, 5.41) is 22.1. The Bertz CT molecular complexity index is 500. The molecule has 2 rings (SSSR count). The quantitative estimate of drug-likeness (QED) is 0.763. The van der Waals surface area contributed by atoms with Crippen LogP contribution < -0.4 is 5.30 Å². The maximum atomic E-state index is 9.06. The van der Waals surface area contributed by atoms with Crippen LogP contribution in [0.4, 0.5) is 0 Å². The van der Waals surface area contributed by atoms with Crippen molar-refractivity contribution >= 4 is 24.0 Å². The second-order valence-corrected chi connectivity index (χ2v) is 7.10. The molecule has 2 nitrogen and oxygen atoms in total. The smallest absolute Gasteiger partial charge is 0.0434 e. The average Bonchev–Trinajstić information content (AvgIpc) is 2.47. The van der Waals surface area contributed by atoms with E-state index in [9.17, 15) is 0 Å². The van der Waals surface area contributed by atoms with Gasteiger partial charge in [-0.25, -0.2) is 0 Å². The van der Waals surface area contributed by atoms with Gasteiger partial charge < -0.3 is 10.2 Å². The van der Waals surface area contributed by atoms with Gasteiger partial charge in [-0.05, 0) is 41.2 Å². The minimum Gasteiger partial charge on any atom is -0.396 e. The van der Waals surface area contributed by atoms with E-state index in [1.165, 1.54) is 16.1 Å². The molecule has 0 saturated carbocycles. The van der Waals surface area contributed by atoms with Gasteiger partial charge in [-0.1, -0.05) is 50.4 Å². The van der Waals surface area contributed by atoms with Crippen LogP contribution in [0.3, 0.4) is 0 Å². The van der Waals surface area contributed by atoms with Crippen LogP contribution in [0.25, 0.3) is 10.8 Å². The van der Waals surface area contributed by atoms with Gasteiger partial charge >= 0.3 is 0 Å². The van der Waals surface area contributed by atoms with Gasteiger partial charge in [0.05, 0.1) is 0 Å². The third kappa shape index (κ3) is 3.76. The Morgan fingerprint density at radius 1 is 0.789 bits per heavy atom. The number of hydrogen-bond acceptors (Lipinski definition) is 2. The van der Waals surface area contributed by atoms with E-state index in [1.807, 2.05) is 0 Å². The zero-order valence-corrected chi connectivity index (χ0v) is 12.0.